The maximum Gasteiger partial charge on any atom is 0.315 e. The van der Waals surface area contributed by atoms with Crippen molar-refractivity contribution >= 4 is 38.4 Å². The van der Waals surface area contributed by atoms with E-state index in [9.17, 15) is 4.79 Å². The summed E-state index contributed by atoms with van der Waals surface area (Å²) in [7, 11) is 1.58. The monoisotopic (exact) mass is 420 g/mol. The number of carbonyl (C=O) groups is 1. The fourth-order valence-corrected chi connectivity index (χ4v) is 4.59. The van der Waals surface area contributed by atoms with Crippen LogP contribution in [0.25, 0.3) is 21.2 Å². The van der Waals surface area contributed by atoms with Crippen LogP contribution in [-0.4, -0.2) is 17.6 Å². The van der Waals surface area contributed by atoms with Gasteiger partial charge < -0.3 is 13.7 Å². The summed E-state index contributed by atoms with van der Waals surface area (Å²) < 4.78 is 14.2. The molecule has 0 saturated heterocycles. The topological polar surface area (TPSA) is 56.7 Å². The van der Waals surface area contributed by atoms with Crippen LogP contribution < -0.4 is 9.54 Å². The molecule has 6 heteroatoms. The van der Waals surface area contributed by atoms with Crippen LogP contribution in [0.2, 0.25) is 0 Å². The number of benzene rings is 2. The van der Waals surface area contributed by atoms with Crippen LogP contribution in [0.4, 0.5) is 0 Å². The number of rotatable bonds is 7. The molecule has 1 amide bonds. The number of ether oxygens (including phenoxy) is 1. The first kappa shape index (κ1) is 20.2. The summed E-state index contributed by atoms with van der Waals surface area (Å²) in [4.78, 5) is 17.9. The van der Waals surface area contributed by atoms with E-state index in [2.05, 4.69) is 36.7 Å². The molecule has 2 heterocycles. The number of fused-ring (bicyclic) bond motifs is 2. The van der Waals surface area contributed by atoms with E-state index in [-0.39, 0.29) is 5.76 Å². The summed E-state index contributed by atoms with van der Waals surface area (Å²) in [5.74, 6) is 0.374. The highest BCUT2D eigenvalue weighted by Crippen LogP contribution is 2.29. The average Bonchev–Trinajstić information content (AvgIpc) is 3.34. The zero-order valence-corrected chi connectivity index (χ0v) is 18.0. The Morgan fingerprint density at radius 3 is 2.93 bits per heavy atom. The van der Waals surface area contributed by atoms with Gasteiger partial charge in [-0.1, -0.05) is 49.0 Å². The SMILES string of the molecule is C=CCn1c(=NC(=O)c2cc3cccc(OC)c3o2)sc2cc(CCCC)ccc21. The minimum Gasteiger partial charge on any atom is -0.493 e. The van der Waals surface area contributed by atoms with E-state index in [0.29, 0.717) is 22.7 Å². The van der Waals surface area contributed by atoms with Gasteiger partial charge in [-0.15, -0.1) is 6.58 Å². The van der Waals surface area contributed by atoms with Gasteiger partial charge in [-0.2, -0.15) is 4.99 Å². The highest BCUT2D eigenvalue weighted by atomic mass is 32.1. The van der Waals surface area contributed by atoms with Crippen molar-refractivity contribution in [1.82, 2.24) is 4.57 Å². The molecule has 4 rings (SSSR count). The van der Waals surface area contributed by atoms with Crippen LogP contribution >= 0.6 is 11.3 Å². The van der Waals surface area contributed by atoms with Gasteiger partial charge in [0.25, 0.3) is 0 Å². The summed E-state index contributed by atoms with van der Waals surface area (Å²) in [5, 5.41) is 0.809. The van der Waals surface area contributed by atoms with Crippen LogP contribution in [-0.2, 0) is 13.0 Å². The maximum absolute atomic E-state index is 12.9. The van der Waals surface area contributed by atoms with Crippen molar-refractivity contribution in [2.45, 2.75) is 32.7 Å². The number of para-hydroxylation sites is 1. The van der Waals surface area contributed by atoms with Gasteiger partial charge in [0.05, 0.1) is 17.3 Å². The molecule has 2 aromatic carbocycles. The molecule has 5 nitrogen and oxygen atoms in total. The van der Waals surface area contributed by atoms with Gasteiger partial charge in [0.15, 0.2) is 21.9 Å². The number of hydrogen-bond donors (Lipinski definition) is 0. The highest BCUT2D eigenvalue weighted by molar-refractivity contribution is 7.16. The van der Waals surface area contributed by atoms with E-state index in [0.717, 1.165) is 34.9 Å². The Kier molecular flexibility index (Phi) is 5.86. The van der Waals surface area contributed by atoms with Gasteiger partial charge >= 0.3 is 5.91 Å². The van der Waals surface area contributed by atoms with E-state index in [4.69, 9.17) is 9.15 Å². The Hall–Kier alpha value is -3.12. The standard InChI is InChI=1S/C24H24N2O3S/c1-4-6-8-16-11-12-18-21(14-16)30-24(26(18)13-5-2)25-23(27)20-15-17-9-7-10-19(28-3)22(17)29-20/h5,7,9-12,14-15H,2,4,6,8,13H2,1,3H3. The number of furan rings is 1. The number of amides is 1. The van der Waals surface area contributed by atoms with Crippen LogP contribution in [0.15, 0.2) is 64.5 Å². The summed E-state index contributed by atoms with van der Waals surface area (Å²) >= 11 is 1.51. The normalized spacial score (nSPS) is 12.0. The van der Waals surface area contributed by atoms with Crippen molar-refractivity contribution in [3.8, 4) is 5.75 Å². The molecule has 30 heavy (non-hydrogen) atoms. The van der Waals surface area contributed by atoms with E-state index in [1.54, 1.807) is 19.2 Å². The lowest BCUT2D eigenvalue weighted by molar-refractivity contribution is 0.0973. The lowest BCUT2D eigenvalue weighted by Crippen LogP contribution is -2.16. The number of allylic oxidation sites excluding steroid dienone is 1. The molecule has 0 N–H and O–H groups in total. The van der Waals surface area contributed by atoms with Crippen LogP contribution in [0, 0.1) is 0 Å². The number of aryl methyl sites for hydroxylation is 1. The molecule has 0 aliphatic rings. The van der Waals surface area contributed by atoms with Gasteiger partial charge in [-0.25, -0.2) is 0 Å². The van der Waals surface area contributed by atoms with Gasteiger partial charge in [0, 0.05) is 11.9 Å². The Balaban J connectivity index is 1.78. The minimum absolute atomic E-state index is 0.195. The second kappa shape index (κ2) is 8.71. The number of unbranched alkanes of at least 4 members (excludes halogenated alkanes) is 1. The average molecular weight is 421 g/mol. The number of nitrogens with zero attached hydrogens (tertiary/aromatic N) is 2. The first-order valence-electron chi connectivity index (χ1n) is 10.0. The van der Waals surface area contributed by atoms with Gasteiger partial charge in [0.2, 0.25) is 0 Å². The van der Waals surface area contributed by atoms with E-state index >= 15 is 0 Å². The number of thiazole rings is 1. The quantitative estimate of drug-likeness (QED) is 0.359. The molecule has 0 bridgehead atoms. The predicted molar refractivity (Wildman–Crippen MR) is 121 cm³/mol. The molecule has 0 saturated carbocycles. The van der Waals surface area contributed by atoms with Crippen molar-refractivity contribution in [1.29, 1.82) is 0 Å². The second-order valence-electron chi connectivity index (χ2n) is 7.10. The molecule has 4 aromatic rings. The summed E-state index contributed by atoms with van der Waals surface area (Å²) in [6.45, 7) is 6.62. The van der Waals surface area contributed by atoms with E-state index in [1.165, 1.54) is 16.9 Å². The van der Waals surface area contributed by atoms with Crippen molar-refractivity contribution < 1.29 is 13.9 Å². The summed E-state index contributed by atoms with van der Waals surface area (Å²) in [5.41, 5.74) is 2.91. The minimum atomic E-state index is -0.413. The smallest absolute Gasteiger partial charge is 0.315 e. The Morgan fingerprint density at radius 2 is 2.17 bits per heavy atom. The molecule has 2 aromatic heterocycles. The third-order valence-corrected chi connectivity index (χ3v) is 6.05. The molecular formula is C24H24N2O3S. The highest BCUT2D eigenvalue weighted by Gasteiger charge is 2.15. The fraction of sp³-hybridized carbons (Fsp3) is 0.250. The molecule has 0 radical (unpaired) electrons. The molecule has 0 aliphatic heterocycles. The third kappa shape index (κ3) is 3.83. The van der Waals surface area contributed by atoms with Crippen molar-refractivity contribution in [2.24, 2.45) is 4.99 Å². The lowest BCUT2D eigenvalue weighted by Gasteiger charge is -2.03. The molecule has 0 spiro atoms. The molecule has 154 valence electrons. The van der Waals surface area contributed by atoms with Crippen LogP contribution in [0.1, 0.15) is 35.9 Å². The number of aromatic nitrogens is 1. The second-order valence-corrected chi connectivity index (χ2v) is 8.10. The summed E-state index contributed by atoms with van der Waals surface area (Å²) in [6.07, 6.45) is 5.19. The molecule has 0 aliphatic carbocycles. The molecule has 0 atom stereocenters. The Bertz CT molecular complexity index is 1290. The number of carbonyl (C=O) groups excluding carboxylic acids is 1. The van der Waals surface area contributed by atoms with Crippen LogP contribution in [0.3, 0.4) is 0 Å². The van der Waals surface area contributed by atoms with Crippen molar-refractivity contribution in [2.75, 3.05) is 7.11 Å². The van der Waals surface area contributed by atoms with Crippen molar-refractivity contribution in [3.63, 3.8) is 0 Å². The van der Waals surface area contributed by atoms with Gasteiger partial charge in [0.1, 0.15) is 0 Å². The van der Waals surface area contributed by atoms with Crippen molar-refractivity contribution in [3.05, 3.63) is 71.2 Å². The first-order chi connectivity index (χ1) is 14.6. The fourth-order valence-electron chi connectivity index (χ4n) is 3.49. The van der Waals surface area contributed by atoms with Crippen LogP contribution in [0.5, 0.6) is 5.75 Å². The number of hydrogen-bond acceptors (Lipinski definition) is 4. The first-order valence-corrected chi connectivity index (χ1v) is 10.8. The molecular weight excluding hydrogens is 396 g/mol. The molecule has 0 unspecified atom stereocenters. The zero-order valence-electron chi connectivity index (χ0n) is 17.2. The molecule has 0 fully saturated rings. The Morgan fingerprint density at radius 1 is 1.30 bits per heavy atom. The van der Waals surface area contributed by atoms with E-state index < -0.39 is 5.91 Å². The predicted octanol–water partition coefficient (Wildman–Crippen LogP) is 5.73. The van der Waals surface area contributed by atoms with Gasteiger partial charge in [-0.3, -0.25) is 4.79 Å². The Labute approximate surface area is 178 Å². The third-order valence-electron chi connectivity index (χ3n) is 5.01. The lowest BCUT2D eigenvalue weighted by atomic mass is 10.1. The van der Waals surface area contributed by atoms with E-state index in [1.807, 2.05) is 22.8 Å². The maximum atomic E-state index is 12.9. The zero-order chi connectivity index (χ0) is 21.1. The van der Waals surface area contributed by atoms with Gasteiger partial charge in [-0.05, 0) is 42.7 Å². The largest absolute Gasteiger partial charge is 0.493 e. The summed E-state index contributed by atoms with van der Waals surface area (Å²) in [6, 6.07) is 13.7. The number of methoxy groups -OCH3 is 1.